The number of para-hydroxylation sites is 2. The van der Waals surface area contributed by atoms with E-state index in [1.165, 1.54) is 6.07 Å². The van der Waals surface area contributed by atoms with E-state index in [-0.39, 0.29) is 29.8 Å². The molecular formula is C22H30FIN4O. The van der Waals surface area contributed by atoms with Crippen molar-refractivity contribution in [2.45, 2.75) is 19.9 Å². The molecule has 2 aromatic rings. The van der Waals surface area contributed by atoms with Crippen LogP contribution in [0, 0.1) is 18.7 Å². The van der Waals surface area contributed by atoms with Crippen molar-refractivity contribution < 1.29 is 9.13 Å². The highest BCUT2D eigenvalue weighted by Crippen LogP contribution is 2.31. The Morgan fingerprint density at radius 2 is 2.03 bits per heavy atom. The molecule has 0 spiro atoms. The molecule has 1 saturated heterocycles. The maximum atomic E-state index is 13.4. The number of ether oxygens (including phenoxy) is 1. The lowest BCUT2D eigenvalue weighted by atomic mass is 10.1. The highest BCUT2D eigenvalue weighted by atomic mass is 127. The largest absolute Gasteiger partial charge is 0.495 e. The van der Waals surface area contributed by atoms with Gasteiger partial charge in [-0.1, -0.05) is 24.3 Å². The molecule has 7 heteroatoms. The van der Waals surface area contributed by atoms with Crippen LogP contribution in [0.15, 0.2) is 47.5 Å². The first-order valence-corrected chi connectivity index (χ1v) is 9.68. The second-order valence-corrected chi connectivity index (χ2v) is 7.16. The average Bonchev–Trinajstić information content (AvgIpc) is 3.19. The fourth-order valence-electron chi connectivity index (χ4n) is 3.57. The van der Waals surface area contributed by atoms with Gasteiger partial charge in [-0.05, 0) is 48.6 Å². The summed E-state index contributed by atoms with van der Waals surface area (Å²) in [5.74, 6) is 2.05. The van der Waals surface area contributed by atoms with Gasteiger partial charge in [0.25, 0.3) is 0 Å². The molecule has 0 radical (unpaired) electrons. The molecule has 0 bridgehead atoms. The summed E-state index contributed by atoms with van der Waals surface area (Å²) in [4.78, 5) is 6.67. The van der Waals surface area contributed by atoms with E-state index in [1.807, 2.05) is 24.3 Å². The van der Waals surface area contributed by atoms with Gasteiger partial charge >= 0.3 is 0 Å². The number of rotatable bonds is 6. The zero-order valence-corrected chi connectivity index (χ0v) is 19.6. The molecule has 1 fully saturated rings. The number of nitrogens with zero attached hydrogens (tertiary/aromatic N) is 2. The van der Waals surface area contributed by atoms with Gasteiger partial charge in [0.1, 0.15) is 11.6 Å². The zero-order valence-electron chi connectivity index (χ0n) is 17.2. The number of anilines is 1. The molecule has 1 unspecified atom stereocenters. The fraction of sp³-hybridized carbons (Fsp3) is 0.409. The number of hydrogen-bond donors (Lipinski definition) is 2. The topological polar surface area (TPSA) is 48.9 Å². The van der Waals surface area contributed by atoms with Crippen molar-refractivity contribution >= 4 is 35.6 Å². The highest BCUT2D eigenvalue weighted by Gasteiger charge is 2.24. The predicted octanol–water partition coefficient (Wildman–Crippen LogP) is 3.95. The smallest absolute Gasteiger partial charge is 0.191 e. The standard InChI is InChI=1S/C22H29FN4O.HI/c1-16-12-17(8-9-19(16)23)13-25-22(24-2)26-14-18-10-11-27(15-18)20-6-4-5-7-21(20)28-3;/h4-9,12,18H,10-11,13-15H2,1-3H3,(H2,24,25,26);1H. The first-order valence-electron chi connectivity index (χ1n) is 9.68. The van der Waals surface area contributed by atoms with E-state index in [2.05, 4.69) is 26.6 Å². The van der Waals surface area contributed by atoms with Crippen LogP contribution in [0.4, 0.5) is 10.1 Å². The fourth-order valence-corrected chi connectivity index (χ4v) is 3.57. The van der Waals surface area contributed by atoms with Crippen LogP contribution >= 0.6 is 24.0 Å². The molecule has 2 N–H and O–H groups in total. The Bertz CT molecular complexity index is 830. The Kier molecular flexibility index (Phi) is 9.00. The number of benzene rings is 2. The molecule has 1 aliphatic rings. The van der Waals surface area contributed by atoms with Crippen LogP contribution in [-0.2, 0) is 6.54 Å². The minimum absolute atomic E-state index is 0. The molecule has 0 saturated carbocycles. The molecular weight excluding hydrogens is 482 g/mol. The predicted molar refractivity (Wildman–Crippen MR) is 128 cm³/mol. The number of nitrogens with one attached hydrogen (secondary N) is 2. The molecule has 1 heterocycles. The van der Waals surface area contributed by atoms with Crippen molar-refractivity contribution in [2.75, 3.05) is 38.7 Å². The molecule has 0 amide bonds. The Hall–Kier alpha value is -2.03. The Morgan fingerprint density at radius 3 is 2.76 bits per heavy atom. The van der Waals surface area contributed by atoms with Gasteiger partial charge in [0.15, 0.2) is 5.96 Å². The molecule has 1 aliphatic heterocycles. The Balaban J connectivity index is 0.00000300. The third kappa shape index (κ3) is 6.22. The van der Waals surface area contributed by atoms with Crippen LogP contribution in [0.1, 0.15) is 17.5 Å². The van der Waals surface area contributed by atoms with Crippen LogP contribution in [-0.4, -0.2) is 39.8 Å². The maximum Gasteiger partial charge on any atom is 0.191 e. The van der Waals surface area contributed by atoms with E-state index in [1.54, 1.807) is 27.1 Å². The quantitative estimate of drug-likeness (QED) is 0.350. The Morgan fingerprint density at radius 1 is 1.24 bits per heavy atom. The van der Waals surface area contributed by atoms with E-state index in [9.17, 15) is 4.39 Å². The molecule has 0 aliphatic carbocycles. The summed E-state index contributed by atoms with van der Waals surface area (Å²) in [5, 5.41) is 6.72. The summed E-state index contributed by atoms with van der Waals surface area (Å²) in [6.45, 7) is 5.25. The van der Waals surface area contributed by atoms with Gasteiger partial charge in [-0.3, -0.25) is 4.99 Å². The van der Waals surface area contributed by atoms with Gasteiger partial charge in [-0.2, -0.15) is 0 Å². The second-order valence-electron chi connectivity index (χ2n) is 7.16. The van der Waals surface area contributed by atoms with Crippen LogP contribution in [0.5, 0.6) is 5.75 Å². The Labute approximate surface area is 189 Å². The summed E-state index contributed by atoms with van der Waals surface area (Å²) in [7, 11) is 3.48. The van der Waals surface area contributed by atoms with Crippen LogP contribution in [0.3, 0.4) is 0 Å². The second kappa shape index (κ2) is 11.2. The number of guanidine groups is 1. The summed E-state index contributed by atoms with van der Waals surface area (Å²) < 4.78 is 18.9. The van der Waals surface area contributed by atoms with Crippen LogP contribution in [0.25, 0.3) is 0 Å². The van der Waals surface area contributed by atoms with Gasteiger partial charge in [0.05, 0.1) is 12.8 Å². The monoisotopic (exact) mass is 512 g/mol. The van der Waals surface area contributed by atoms with Gasteiger partial charge in [-0.15, -0.1) is 24.0 Å². The van der Waals surface area contributed by atoms with Gasteiger partial charge in [-0.25, -0.2) is 4.39 Å². The van der Waals surface area contributed by atoms with Gasteiger partial charge in [0.2, 0.25) is 0 Å². The lowest BCUT2D eigenvalue weighted by molar-refractivity contribution is 0.414. The molecule has 158 valence electrons. The maximum absolute atomic E-state index is 13.4. The number of methoxy groups -OCH3 is 1. The van der Waals surface area contributed by atoms with Crippen molar-refractivity contribution in [3.63, 3.8) is 0 Å². The number of halogens is 2. The number of aryl methyl sites for hydroxylation is 1. The normalized spacial score (nSPS) is 16.3. The minimum atomic E-state index is -0.174. The molecule has 3 rings (SSSR count). The zero-order chi connectivity index (χ0) is 19.9. The van der Waals surface area contributed by atoms with Crippen molar-refractivity contribution in [3.05, 3.63) is 59.4 Å². The lowest BCUT2D eigenvalue weighted by Crippen LogP contribution is -2.40. The summed E-state index contributed by atoms with van der Waals surface area (Å²) in [6.07, 6.45) is 1.12. The van der Waals surface area contributed by atoms with Crippen LogP contribution < -0.4 is 20.3 Å². The lowest BCUT2D eigenvalue weighted by Gasteiger charge is -2.21. The van der Waals surface area contributed by atoms with Crippen molar-refractivity contribution in [1.29, 1.82) is 0 Å². The van der Waals surface area contributed by atoms with Crippen molar-refractivity contribution in [1.82, 2.24) is 10.6 Å². The van der Waals surface area contributed by atoms with E-state index in [0.717, 1.165) is 49.0 Å². The van der Waals surface area contributed by atoms with Crippen molar-refractivity contribution in [3.8, 4) is 5.75 Å². The minimum Gasteiger partial charge on any atom is -0.495 e. The first-order chi connectivity index (χ1) is 13.6. The molecule has 0 aromatic heterocycles. The summed E-state index contributed by atoms with van der Waals surface area (Å²) in [5.41, 5.74) is 2.84. The highest BCUT2D eigenvalue weighted by molar-refractivity contribution is 14.0. The summed E-state index contributed by atoms with van der Waals surface area (Å²) in [6, 6.07) is 13.3. The molecule has 29 heavy (non-hydrogen) atoms. The van der Waals surface area contributed by atoms with Gasteiger partial charge in [0, 0.05) is 33.2 Å². The SMILES string of the molecule is CN=C(NCc1ccc(F)c(C)c1)NCC1CCN(c2ccccc2OC)C1.I. The number of aliphatic imine (C=N–C) groups is 1. The third-order valence-electron chi connectivity index (χ3n) is 5.18. The third-order valence-corrected chi connectivity index (χ3v) is 5.18. The number of hydrogen-bond acceptors (Lipinski definition) is 3. The van der Waals surface area contributed by atoms with E-state index in [0.29, 0.717) is 18.0 Å². The van der Waals surface area contributed by atoms with E-state index < -0.39 is 0 Å². The van der Waals surface area contributed by atoms with E-state index in [4.69, 9.17) is 4.74 Å². The first kappa shape index (κ1) is 23.3. The molecule has 2 aromatic carbocycles. The van der Waals surface area contributed by atoms with Crippen LogP contribution in [0.2, 0.25) is 0 Å². The van der Waals surface area contributed by atoms with Crippen molar-refractivity contribution in [2.24, 2.45) is 10.9 Å². The summed E-state index contributed by atoms with van der Waals surface area (Å²) >= 11 is 0. The average molecular weight is 512 g/mol. The molecule has 1 atom stereocenters. The van der Waals surface area contributed by atoms with E-state index >= 15 is 0 Å². The molecule has 5 nitrogen and oxygen atoms in total. The van der Waals surface area contributed by atoms with Gasteiger partial charge < -0.3 is 20.3 Å².